The Kier molecular flexibility index (Phi) is 6.59. The summed E-state index contributed by atoms with van der Waals surface area (Å²) < 4.78 is 12.7. The predicted molar refractivity (Wildman–Crippen MR) is 109 cm³/mol. The Morgan fingerprint density at radius 3 is 2.47 bits per heavy atom. The highest BCUT2D eigenvalue weighted by Crippen LogP contribution is 2.37. The molecule has 0 spiro atoms. The molecule has 5 atom stereocenters. The van der Waals surface area contributed by atoms with Gasteiger partial charge in [-0.25, -0.2) is 4.79 Å². The van der Waals surface area contributed by atoms with E-state index in [-0.39, 0.29) is 23.9 Å². The zero-order chi connectivity index (χ0) is 22.1. The second kappa shape index (κ2) is 8.83. The lowest BCUT2D eigenvalue weighted by Gasteiger charge is -2.31. The number of aromatic nitrogens is 2. The van der Waals surface area contributed by atoms with Gasteiger partial charge in [-0.05, 0) is 11.0 Å². The molecule has 2 heterocycles. The number of ether oxygens (including phenoxy) is 2. The van der Waals surface area contributed by atoms with E-state index >= 15 is 0 Å². The summed E-state index contributed by atoms with van der Waals surface area (Å²) in [6.07, 6.45) is -3.75. The van der Waals surface area contributed by atoms with Crippen LogP contribution in [0.3, 0.4) is 0 Å². The number of benzene rings is 1. The molecule has 1 fully saturated rings. The molecule has 2 aromatic rings. The van der Waals surface area contributed by atoms with Gasteiger partial charge < -0.3 is 30.5 Å². The number of hydrogen-bond donors (Lipinski definition) is 4. The minimum atomic E-state index is -1.40. The van der Waals surface area contributed by atoms with Crippen LogP contribution in [0.1, 0.15) is 44.2 Å². The number of aliphatic hydroxyl groups is 3. The van der Waals surface area contributed by atoms with Gasteiger partial charge in [0, 0.05) is 11.8 Å². The topological polar surface area (TPSA) is 140 Å². The van der Waals surface area contributed by atoms with E-state index in [0.717, 1.165) is 10.1 Å². The lowest BCUT2D eigenvalue weighted by molar-refractivity contribution is -0.0559. The maximum atomic E-state index is 12.3. The van der Waals surface area contributed by atoms with Gasteiger partial charge in [0.2, 0.25) is 0 Å². The molecule has 164 valence electrons. The van der Waals surface area contributed by atoms with E-state index in [1.165, 1.54) is 6.20 Å². The average molecular weight is 419 g/mol. The smallest absolute Gasteiger partial charge is 0.351 e. The monoisotopic (exact) mass is 419 g/mol. The zero-order valence-corrected chi connectivity index (χ0v) is 17.3. The van der Waals surface area contributed by atoms with Gasteiger partial charge in [0.25, 0.3) is 0 Å². The average Bonchev–Trinajstić information content (AvgIpc) is 2.97. The third-order valence-corrected chi connectivity index (χ3v) is 5.15. The van der Waals surface area contributed by atoms with Crippen LogP contribution in [-0.4, -0.2) is 49.8 Å². The Balaban J connectivity index is 1.86. The summed E-state index contributed by atoms with van der Waals surface area (Å²) in [5.74, 6) is 0.0173. The van der Waals surface area contributed by atoms with Gasteiger partial charge in [-0.3, -0.25) is 4.57 Å². The Labute approximate surface area is 174 Å². The number of aliphatic hydroxyl groups excluding tert-OH is 3. The summed E-state index contributed by atoms with van der Waals surface area (Å²) in [6.45, 7) is 5.77. The van der Waals surface area contributed by atoms with E-state index in [1.54, 1.807) is 0 Å². The van der Waals surface area contributed by atoms with Gasteiger partial charge in [0.05, 0.1) is 19.3 Å². The van der Waals surface area contributed by atoms with Crippen molar-refractivity contribution in [1.82, 2.24) is 9.55 Å². The molecule has 1 unspecified atom stereocenters. The third kappa shape index (κ3) is 4.55. The first-order chi connectivity index (χ1) is 14.1. The first-order valence-electron chi connectivity index (χ1n) is 9.80. The summed E-state index contributed by atoms with van der Waals surface area (Å²) in [6, 6.07) is 9.78. The van der Waals surface area contributed by atoms with Gasteiger partial charge in [-0.15, -0.1) is 0 Å². The van der Waals surface area contributed by atoms with E-state index in [9.17, 15) is 20.1 Å². The first kappa shape index (κ1) is 22.4. The molecular weight excluding hydrogens is 390 g/mol. The van der Waals surface area contributed by atoms with Gasteiger partial charge in [-0.1, -0.05) is 51.1 Å². The Bertz CT molecular complexity index is 911. The summed E-state index contributed by atoms with van der Waals surface area (Å²) in [7, 11) is 0. The van der Waals surface area contributed by atoms with Crippen molar-refractivity contribution in [2.75, 3.05) is 12.3 Å². The van der Waals surface area contributed by atoms with Crippen molar-refractivity contribution in [3.63, 3.8) is 0 Å². The highest BCUT2D eigenvalue weighted by Gasteiger charge is 2.44. The Morgan fingerprint density at radius 2 is 1.90 bits per heavy atom. The fraction of sp³-hybridized carbons (Fsp3) is 0.524. The van der Waals surface area contributed by atoms with E-state index < -0.39 is 36.8 Å². The second-order valence-corrected chi connectivity index (χ2v) is 8.54. The van der Waals surface area contributed by atoms with Crippen molar-refractivity contribution in [2.24, 2.45) is 5.41 Å². The number of rotatable bonds is 6. The maximum absolute atomic E-state index is 12.3. The molecule has 0 bridgehead atoms. The SMILES string of the molecule is CC(C)(C)C(OCc1cn([C@@H]2O[C@H](CO)[C@@H](O)[C@H]2O)c(=O)nc1N)c1ccccc1. The highest BCUT2D eigenvalue weighted by atomic mass is 16.6. The number of nitrogens with two attached hydrogens (primary N) is 1. The lowest BCUT2D eigenvalue weighted by atomic mass is 9.84. The lowest BCUT2D eigenvalue weighted by Crippen LogP contribution is -2.36. The van der Waals surface area contributed by atoms with Crippen LogP contribution < -0.4 is 11.4 Å². The minimum Gasteiger partial charge on any atom is -0.394 e. The van der Waals surface area contributed by atoms with Crippen LogP contribution >= 0.6 is 0 Å². The number of hydrogen-bond acceptors (Lipinski definition) is 8. The van der Waals surface area contributed by atoms with Crippen LogP contribution in [0.4, 0.5) is 5.82 Å². The van der Waals surface area contributed by atoms with E-state index in [2.05, 4.69) is 25.8 Å². The molecule has 1 aromatic heterocycles. The molecule has 1 saturated heterocycles. The van der Waals surface area contributed by atoms with Crippen molar-refractivity contribution >= 4 is 5.82 Å². The van der Waals surface area contributed by atoms with E-state index in [4.69, 9.17) is 15.2 Å². The fourth-order valence-corrected chi connectivity index (χ4v) is 3.57. The molecule has 0 aliphatic carbocycles. The van der Waals surface area contributed by atoms with Gasteiger partial charge in [0.1, 0.15) is 24.1 Å². The summed E-state index contributed by atoms with van der Waals surface area (Å²) >= 11 is 0. The van der Waals surface area contributed by atoms with E-state index in [1.807, 2.05) is 30.3 Å². The highest BCUT2D eigenvalue weighted by molar-refractivity contribution is 5.36. The van der Waals surface area contributed by atoms with Crippen LogP contribution in [0.2, 0.25) is 0 Å². The summed E-state index contributed by atoms with van der Waals surface area (Å²) in [4.78, 5) is 16.2. The molecule has 5 N–H and O–H groups in total. The van der Waals surface area contributed by atoms with E-state index in [0.29, 0.717) is 5.56 Å². The van der Waals surface area contributed by atoms with Crippen molar-refractivity contribution in [3.05, 3.63) is 58.1 Å². The quantitative estimate of drug-likeness (QED) is 0.537. The zero-order valence-electron chi connectivity index (χ0n) is 17.3. The molecule has 9 heteroatoms. The van der Waals surface area contributed by atoms with Crippen LogP contribution in [0, 0.1) is 5.41 Å². The molecule has 1 aliphatic rings. The number of nitrogen functional groups attached to an aromatic ring is 1. The Morgan fingerprint density at radius 1 is 1.23 bits per heavy atom. The predicted octanol–water partition coefficient (Wildman–Crippen LogP) is 0.741. The standard InChI is InChI=1S/C21H29N3O6/c1-21(2,3)17(12-7-5-4-6-8-12)29-11-13-9-24(20(28)23-18(13)22)19-16(27)15(26)14(10-25)30-19/h4-9,14-17,19,25-27H,10-11H2,1-3H3,(H2,22,23,28)/t14-,15-,16-,17?,19-/m1/s1. The van der Waals surface area contributed by atoms with Crippen LogP contribution in [0.15, 0.2) is 41.3 Å². The van der Waals surface area contributed by atoms with Crippen LogP contribution in [0.5, 0.6) is 0 Å². The Hall–Kier alpha value is -2.30. The summed E-state index contributed by atoms with van der Waals surface area (Å²) in [5, 5.41) is 29.5. The molecule has 0 saturated carbocycles. The second-order valence-electron chi connectivity index (χ2n) is 8.54. The van der Waals surface area contributed by atoms with Gasteiger partial charge >= 0.3 is 5.69 Å². The van der Waals surface area contributed by atoms with Gasteiger partial charge in [0.15, 0.2) is 6.23 Å². The van der Waals surface area contributed by atoms with Crippen molar-refractivity contribution in [3.8, 4) is 0 Å². The molecule has 1 aliphatic heterocycles. The molecule has 30 heavy (non-hydrogen) atoms. The summed E-state index contributed by atoms with van der Waals surface area (Å²) in [5.41, 5.74) is 6.45. The fourth-order valence-electron chi connectivity index (χ4n) is 3.57. The molecule has 9 nitrogen and oxygen atoms in total. The van der Waals surface area contributed by atoms with Crippen LogP contribution in [0.25, 0.3) is 0 Å². The normalized spacial score (nSPS) is 25.4. The minimum absolute atomic E-state index is 0.0173. The molecule has 0 radical (unpaired) electrons. The maximum Gasteiger partial charge on any atom is 0.351 e. The van der Waals surface area contributed by atoms with Gasteiger partial charge in [-0.2, -0.15) is 4.98 Å². The molecule has 0 amide bonds. The van der Waals surface area contributed by atoms with Crippen molar-refractivity contribution in [1.29, 1.82) is 0 Å². The molecular formula is C21H29N3O6. The largest absolute Gasteiger partial charge is 0.394 e. The first-order valence-corrected chi connectivity index (χ1v) is 9.80. The molecule has 3 rings (SSSR count). The van der Waals surface area contributed by atoms with Crippen molar-refractivity contribution < 1.29 is 24.8 Å². The number of nitrogens with zero attached hydrogens (tertiary/aromatic N) is 2. The van der Waals surface area contributed by atoms with Crippen LogP contribution in [-0.2, 0) is 16.1 Å². The van der Waals surface area contributed by atoms with Crippen molar-refractivity contribution in [2.45, 2.75) is 58.0 Å². The third-order valence-electron chi connectivity index (χ3n) is 5.15. The number of anilines is 1. The molecule has 1 aromatic carbocycles.